The van der Waals surface area contributed by atoms with Gasteiger partial charge in [-0.25, -0.2) is 0 Å². The molecule has 1 saturated carbocycles. The minimum atomic E-state index is -0.309. The highest BCUT2D eigenvalue weighted by atomic mass is 16.3. The van der Waals surface area contributed by atoms with Crippen LogP contribution in [0, 0.1) is 5.92 Å². The Balaban J connectivity index is 1.44. The quantitative estimate of drug-likeness (QED) is 0.763. The SMILES string of the molecule is O=C(CNC(=O)c1ccc2c(c1)CCC2)NC[C@@H]1CCC[C@H]1O. The topological polar surface area (TPSA) is 78.4 Å². The highest BCUT2D eigenvalue weighted by Gasteiger charge is 2.25. The zero-order valence-corrected chi connectivity index (χ0v) is 13.3. The molecule has 5 nitrogen and oxygen atoms in total. The fourth-order valence-electron chi connectivity index (χ4n) is 3.54. The van der Waals surface area contributed by atoms with Crippen molar-refractivity contribution in [2.24, 2.45) is 5.92 Å². The van der Waals surface area contributed by atoms with Gasteiger partial charge in [0.05, 0.1) is 12.6 Å². The molecule has 1 fully saturated rings. The molecule has 0 heterocycles. The molecular formula is C18H24N2O3. The molecule has 0 bridgehead atoms. The first-order chi connectivity index (χ1) is 11.1. The van der Waals surface area contributed by atoms with E-state index in [4.69, 9.17) is 0 Å². The minimum absolute atomic E-state index is 0.0290. The summed E-state index contributed by atoms with van der Waals surface area (Å²) in [5, 5.41) is 15.2. The van der Waals surface area contributed by atoms with E-state index in [1.54, 1.807) is 0 Å². The number of aryl methyl sites for hydroxylation is 2. The van der Waals surface area contributed by atoms with Crippen LogP contribution in [-0.2, 0) is 17.6 Å². The Hall–Kier alpha value is -1.88. The largest absolute Gasteiger partial charge is 0.393 e. The first-order valence-corrected chi connectivity index (χ1v) is 8.48. The third-order valence-electron chi connectivity index (χ3n) is 4.95. The number of fused-ring (bicyclic) bond motifs is 1. The van der Waals surface area contributed by atoms with E-state index in [1.807, 2.05) is 18.2 Å². The zero-order chi connectivity index (χ0) is 16.2. The van der Waals surface area contributed by atoms with Crippen LogP contribution in [-0.4, -0.2) is 36.1 Å². The summed E-state index contributed by atoms with van der Waals surface area (Å²) >= 11 is 0. The van der Waals surface area contributed by atoms with E-state index < -0.39 is 0 Å². The number of carbonyl (C=O) groups is 2. The molecule has 124 valence electrons. The van der Waals surface area contributed by atoms with Crippen molar-refractivity contribution in [3.05, 3.63) is 34.9 Å². The van der Waals surface area contributed by atoms with Crippen LogP contribution in [0.4, 0.5) is 0 Å². The average Bonchev–Trinajstić information content (AvgIpc) is 3.18. The smallest absolute Gasteiger partial charge is 0.251 e. The van der Waals surface area contributed by atoms with Crippen LogP contribution in [0.5, 0.6) is 0 Å². The summed E-state index contributed by atoms with van der Waals surface area (Å²) in [5.74, 6) is -0.277. The summed E-state index contributed by atoms with van der Waals surface area (Å²) in [4.78, 5) is 24.0. The molecule has 0 saturated heterocycles. The number of carbonyl (C=O) groups excluding carboxylic acids is 2. The average molecular weight is 316 g/mol. The highest BCUT2D eigenvalue weighted by molar-refractivity contribution is 5.96. The maximum atomic E-state index is 12.1. The second kappa shape index (κ2) is 7.13. The van der Waals surface area contributed by atoms with Gasteiger partial charge in [-0.3, -0.25) is 9.59 Å². The van der Waals surface area contributed by atoms with Crippen molar-refractivity contribution >= 4 is 11.8 Å². The lowest BCUT2D eigenvalue weighted by Crippen LogP contribution is -2.40. The maximum absolute atomic E-state index is 12.1. The molecule has 2 aliphatic carbocycles. The van der Waals surface area contributed by atoms with Crippen molar-refractivity contribution in [3.8, 4) is 0 Å². The van der Waals surface area contributed by atoms with Gasteiger partial charge in [-0.05, 0) is 55.4 Å². The number of benzene rings is 1. The first kappa shape index (κ1) is 16.0. The lowest BCUT2D eigenvalue weighted by Gasteiger charge is -2.15. The van der Waals surface area contributed by atoms with Gasteiger partial charge in [0.1, 0.15) is 0 Å². The van der Waals surface area contributed by atoms with E-state index in [-0.39, 0.29) is 30.4 Å². The third kappa shape index (κ3) is 3.91. The van der Waals surface area contributed by atoms with Crippen molar-refractivity contribution in [3.63, 3.8) is 0 Å². The lowest BCUT2D eigenvalue weighted by atomic mass is 10.1. The van der Waals surface area contributed by atoms with Crippen molar-refractivity contribution in [2.45, 2.75) is 44.6 Å². The van der Waals surface area contributed by atoms with E-state index in [1.165, 1.54) is 11.1 Å². The summed E-state index contributed by atoms with van der Waals surface area (Å²) in [6.45, 7) is 0.452. The summed E-state index contributed by atoms with van der Waals surface area (Å²) in [6.07, 6.45) is 5.73. The van der Waals surface area contributed by atoms with Gasteiger partial charge >= 0.3 is 0 Å². The summed E-state index contributed by atoms with van der Waals surface area (Å²) in [5.41, 5.74) is 3.19. The van der Waals surface area contributed by atoms with Crippen molar-refractivity contribution in [1.29, 1.82) is 0 Å². The number of hydrogen-bond acceptors (Lipinski definition) is 3. The van der Waals surface area contributed by atoms with E-state index >= 15 is 0 Å². The summed E-state index contributed by atoms with van der Waals surface area (Å²) in [7, 11) is 0. The predicted octanol–water partition coefficient (Wildman–Crippen LogP) is 1.18. The molecule has 1 aromatic rings. The van der Waals surface area contributed by atoms with Crippen LogP contribution < -0.4 is 10.6 Å². The molecule has 3 rings (SSSR count). The molecule has 2 atom stereocenters. The summed E-state index contributed by atoms with van der Waals surface area (Å²) in [6, 6.07) is 5.77. The number of amides is 2. The number of aliphatic hydroxyl groups is 1. The Bertz CT molecular complexity index is 600. The molecule has 0 aliphatic heterocycles. The van der Waals surface area contributed by atoms with E-state index in [0.29, 0.717) is 12.1 Å². The number of aliphatic hydroxyl groups excluding tert-OH is 1. The van der Waals surface area contributed by atoms with E-state index in [9.17, 15) is 14.7 Å². The van der Waals surface area contributed by atoms with Crippen molar-refractivity contribution in [2.75, 3.05) is 13.1 Å². The van der Waals surface area contributed by atoms with Crippen LogP contribution in [0.2, 0.25) is 0 Å². The van der Waals surface area contributed by atoms with Gasteiger partial charge in [0.25, 0.3) is 5.91 Å². The lowest BCUT2D eigenvalue weighted by molar-refractivity contribution is -0.120. The molecule has 2 aliphatic rings. The van der Waals surface area contributed by atoms with Crippen LogP contribution in [0.25, 0.3) is 0 Å². The van der Waals surface area contributed by atoms with Crippen LogP contribution >= 0.6 is 0 Å². The van der Waals surface area contributed by atoms with Crippen LogP contribution in [0.1, 0.15) is 47.2 Å². The standard InChI is InChI=1S/C18H24N2O3/c21-16-6-2-5-15(16)10-19-17(22)11-20-18(23)14-8-7-12-3-1-4-13(12)9-14/h7-9,15-16,21H,1-6,10-11H2,(H,19,22)(H,20,23)/t15-,16+/m0/s1. The molecule has 5 heteroatoms. The van der Waals surface area contributed by atoms with Crippen molar-refractivity contribution < 1.29 is 14.7 Å². The maximum Gasteiger partial charge on any atom is 0.251 e. The Labute approximate surface area is 136 Å². The van der Waals surface area contributed by atoms with Crippen LogP contribution in [0.15, 0.2) is 18.2 Å². The van der Waals surface area contributed by atoms with Gasteiger partial charge in [-0.2, -0.15) is 0 Å². The number of hydrogen-bond donors (Lipinski definition) is 3. The third-order valence-corrected chi connectivity index (χ3v) is 4.95. The predicted molar refractivity (Wildman–Crippen MR) is 87.2 cm³/mol. The first-order valence-electron chi connectivity index (χ1n) is 8.48. The fraction of sp³-hybridized carbons (Fsp3) is 0.556. The van der Waals surface area contributed by atoms with Crippen LogP contribution in [0.3, 0.4) is 0 Å². The minimum Gasteiger partial charge on any atom is -0.393 e. The number of rotatable bonds is 5. The molecule has 1 aromatic carbocycles. The van der Waals surface area contributed by atoms with Gasteiger partial charge in [0.2, 0.25) is 5.91 Å². The van der Waals surface area contributed by atoms with Crippen molar-refractivity contribution in [1.82, 2.24) is 10.6 Å². The molecule has 0 spiro atoms. The van der Waals surface area contributed by atoms with Gasteiger partial charge in [0, 0.05) is 18.0 Å². The van der Waals surface area contributed by atoms with E-state index in [2.05, 4.69) is 10.6 Å². The molecule has 0 unspecified atom stereocenters. The number of nitrogens with one attached hydrogen (secondary N) is 2. The molecule has 2 amide bonds. The Morgan fingerprint density at radius 2 is 1.91 bits per heavy atom. The molecule has 0 aromatic heterocycles. The zero-order valence-electron chi connectivity index (χ0n) is 13.3. The van der Waals surface area contributed by atoms with Gasteiger partial charge in [-0.1, -0.05) is 12.5 Å². The van der Waals surface area contributed by atoms with Gasteiger partial charge < -0.3 is 15.7 Å². The molecule has 0 radical (unpaired) electrons. The normalized spacial score (nSPS) is 22.7. The summed E-state index contributed by atoms with van der Waals surface area (Å²) < 4.78 is 0. The Morgan fingerprint density at radius 3 is 2.70 bits per heavy atom. The second-order valence-electron chi connectivity index (χ2n) is 6.58. The second-order valence-corrected chi connectivity index (χ2v) is 6.58. The molecule has 23 heavy (non-hydrogen) atoms. The molecule has 3 N–H and O–H groups in total. The highest BCUT2D eigenvalue weighted by Crippen LogP contribution is 2.24. The Morgan fingerprint density at radius 1 is 1.09 bits per heavy atom. The van der Waals surface area contributed by atoms with Gasteiger partial charge in [0.15, 0.2) is 0 Å². The molecular weight excluding hydrogens is 292 g/mol. The monoisotopic (exact) mass is 316 g/mol. The fourth-order valence-corrected chi connectivity index (χ4v) is 3.54. The Kier molecular flexibility index (Phi) is 4.96. The van der Waals surface area contributed by atoms with Gasteiger partial charge in [-0.15, -0.1) is 0 Å². The van der Waals surface area contributed by atoms with E-state index in [0.717, 1.165) is 38.5 Å².